The molecule has 7 nitrogen and oxygen atoms in total. The molecule has 1 aliphatic rings. The van der Waals surface area contributed by atoms with Gasteiger partial charge in [0.25, 0.3) is 0 Å². The highest BCUT2D eigenvalue weighted by Crippen LogP contribution is 2.32. The van der Waals surface area contributed by atoms with E-state index in [4.69, 9.17) is 14.5 Å². The predicted octanol–water partition coefficient (Wildman–Crippen LogP) is 6.78. The van der Waals surface area contributed by atoms with Crippen LogP contribution in [0.4, 0.5) is 4.79 Å². The molecule has 0 radical (unpaired) electrons. The summed E-state index contributed by atoms with van der Waals surface area (Å²) in [7, 11) is 0. The Morgan fingerprint density at radius 2 is 1.82 bits per heavy atom. The molecule has 1 saturated heterocycles. The highest BCUT2D eigenvalue weighted by molar-refractivity contribution is 5.96. The fourth-order valence-corrected chi connectivity index (χ4v) is 5.09. The van der Waals surface area contributed by atoms with Gasteiger partial charge in [-0.15, -0.1) is 0 Å². The number of rotatable bonds is 5. The fourth-order valence-electron chi connectivity index (χ4n) is 5.09. The van der Waals surface area contributed by atoms with E-state index in [2.05, 4.69) is 29.7 Å². The van der Waals surface area contributed by atoms with Crippen molar-refractivity contribution in [2.45, 2.75) is 65.1 Å². The lowest BCUT2D eigenvalue weighted by molar-refractivity contribution is 0.0127. The van der Waals surface area contributed by atoms with E-state index < -0.39 is 5.60 Å². The minimum absolute atomic E-state index is 0.0332. The lowest BCUT2D eigenvalue weighted by atomic mass is 10.0. The number of aryl methyl sites for hydroxylation is 1. The van der Waals surface area contributed by atoms with Crippen molar-refractivity contribution < 1.29 is 14.3 Å². The Bertz CT molecular complexity index is 1520. The van der Waals surface area contributed by atoms with Crippen molar-refractivity contribution in [1.82, 2.24) is 14.5 Å². The standard InChI is InChI=1S/C31H34N4O3/c1-5-8-29-33-26-19-23(37-22-15-17-34(18-16-22)30(36)38-31(2,3)4)12-14-28(26)35(29)27-13-11-21(20-32)24-9-6-7-10-25(24)27/h6-7,9-14,19,22H,5,8,15-18H2,1-4H3. The number of benzene rings is 3. The highest BCUT2D eigenvalue weighted by Gasteiger charge is 2.28. The number of fused-ring (bicyclic) bond motifs is 2. The van der Waals surface area contributed by atoms with E-state index in [1.165, 1.54) is 0 Å². The third-order valence-electron chi connectivity index (χ3n) is 6.83. The molecule has 0 unspecified atom stereocenters. The van der Waals surface area contributed by atoms with Gasteiger partial charge in [-0.2, -0.15) is 5.26 Å². The van der Waals surface area contributed by atoms with Crippen molar-refractivity contribution >= 4 is 27.9 Å². The van der Waals surface area contributed by atoms with E-state index in [1.54, 1.807) is 4.90 Å². The summed E-state index contributed by atoms with van der Waals surface area (Å²) < 4.78 is 14.1. The van der Waals surface area contributed by atoms with Crippen LogP contribution in [0.2, 0.25) is 0 Å². The van der Waals surface area contributed by atoms with Gasteiger partial charge in [-0.25, -0.2) is 9.78 Å². The molecule has 0 bridgehead atoms. The third-order valence-corrected chi connectivity index (χ3v) is 6.83. The van der Waals surface area contributed by atoms with Gasteiger partial charge in [-0.05, 0) is 51.5 Å². The first kappa shape index (κ1) is 25.6. The topological polar surface area (TPSA) is 80.4 Å². The lowest BCUT2D eigenvalue weighted by Gasteiger charge is -2.33. The van der Waals surface area contributed by atoms with Gasteiger partial charge in [-0.1, -0.05) is 31.2 Å². The zero-order valence-corrected chi connectivity index (χ0v) is 22.5. The van der Waals surface area contributed by atoms with Crippen LogP contribution in [-0.4, -0.2) is 45.3 Å². The van der Waals surface area contributed by atoms with E-state index in [-0.39, 0.29) is 12.2 Å². The number of carbonyl (C=O) groups excluding carboxylic acids is 1. The predicted molar refractivity (Wildman–Crippen MR) is 149 cm³/mol. The van der Waals surface area contributed by atoms with Crippen LogP contribution in [0.25, 0.3) is 27.5 Å². The number of hydrogen-bond acceptors (Lipinski definition) is 5. The van der Waals surface area contributed by atoms with Gasteiger partial charge >= 0.3 is 6.09 Å². The Morgan fingerprint density at radius 1 is 1.08 bits per heavy atom. The van der Waals surface area contributed by atoms with Crippen LogP contribution in [0.1, 0.15) is 58.3 Å². The average Bonchev–Trinajstić information content (AvgIpc) is 3.24. The molecule has 0 spiro atoms. The second kappa shape index (κ2) is 10.4. The summed E-state index contributed by atoms with van der Waals surface area (Å²) >= 11 is 0. The summed E-state index contributed by atoms with van der Waals surface area (Å²) in [5, 5.41) is 11.6. The third kappa shape index (κ3) is 5.17. The number of hydrogen-bond donors (Lipinski definition) is 0. The van der Waals surface area contributed by atoms with Crippen LogP contribution in [0.5, 0.6) is 5.75 Å². The Hall–Kier alpha value is -4.05. The maximum Gasteiger partial charge on any atom is 0.410 e. The van der Waals surface area contributed by atoms with E-state index in [0.717, 1.165) is 64.8 Å². The fraction of sp³-hybridized carbons (Fsp3) is 0.387. The second-order valence-corrected chi connectivity index (χ2v) is 10.8. The Labute approximate surface area is 223 Å². The maximum atomic E-state index is 12.4. The summed E-state index contributed by atoms with van der Waals surface area (Å²) in [5.74, 6) is 1.77. The first-order chi connectivity index (χ1) is 18.3. The summed E-state index contributed by atoms with van der Waals surface area (Å²) in [5.41, 5.74) is 3.08. The zero-order valence-electron chi connectivity index (χ0n) is 22.5. The summed E-state index contributed by atoms with van der Waals surface area (Å²) in [6, 6.07) is 20.3. The minimum Gasteiger partial charge on any atom is -0.490 e. The molecule has 7 heteroatoms. The van der Waals surface area contributed by atoms with Crippen molar-refractivity contribution in [2.75, 3.05) is 13.1 Å². The monoisotopic (exact) mass is 510 g/mol. The van der Waals surface area contributed by atoms with Crippen LogP contribution in [-0.2, 0) is 11.2 Å². The van der Waals surface area contributed by atoms with E-state index in [9.17, 15) is 10.1 Å². The van der Waals surface area contributed by atoms with Gasteiger partial charge in [0.05, 0.1) is 28.4 Å². The van der Waals surface area contributed by atoms with Crippen LogP contribution < -0.4 is 4.74 Å². The number of imidazole rings is 1. The maximum absolute atomic E-state index is 12.4. The van der Waals surface area contributed by atoms with Gasteiger partial charge in [0.1, 0.15) is 23.3 Å². The molecular formula is C31H34N4O3. The van der Waals surface area contributed by atoms with Gasteiger partial charge in [0.2, 0.25) is 0 Å². The first-order valence-electron chi connectivity index (χ1n) is 13.4. The molecule has 5 rings (SSSR count). The van der Waals surface area contributed by atoms with Crippen molar-refractivity contribution in [3.63, 3.8) is 0 Å². The van der Waals surface area contributed by atoms with Crippen molar-refractivity contribution in [2.24, 2.45) is 0 Å². The molecule has 196 valence electrons. The van der Waals surface area contributed by atoms with Gasteiger partial charge in [0, 0.05) is 49.2 Å². The molecule has 0 N–H and O–H groups in total. The van der Waals surface area contributed by atoms with Crippen LogP contribution in [0.15, 0.2) is 54.6 Å². The van der Waals surface area contributed by atoms with E-state index >= 15 is 0 Å². The molecule has 1 amide bonds. The number of nitriles is 1. The number of nitrogens with zero attached hydrogens (tertiary/aromatic N) is 4. The van der Waals surface area contributed by atoms with E-state index in [1.807, 2.05) is 63.2 Å². The lowest BCUT2D eigenvalue weighted by Crippen LogP contribution is -2.44. The number of likely N-dealkylation sites (tertiary alicyclic amines) is 1. The largest absolute Gasteiger partial charge is 0.490 e. The van der Waals surface area contributed by atoms with Gasteiger partial charge in [0.15, 0.2) is 0 Å². The average molecular weight is 511 g/mol. The molecule has 4 aromatic rings. The van der Waals surface area contributed by atoms with Crippen LogP contribution in [0, 0.1) is 11.3 Å². The van der Waals surface area contributed by atoms with Gasteiger partial charge < -0.3 is 14.4 Å². The number of ether oxygens (including phenoxy) is 2. The Balaban J connectivity index is 1.41. The second-order valence-electron chi connectivity index (χ2n) is 10.8. The number of carbonyl (C=O) groups is 1. The normalized spacial score (nSPS) is 14.6. The molecule has 0 saturated carbocycles. The number of piperidine rings is 1. The van der Waals surface area contributed by atoms with Crippen LogP contribution in [0.3, 0.4) is 0 Å². The van der Waals surface area contributed by atoms with Gasteiger partial charge in [-0.3, -0.25) is 4.57 Å². The molecule has 2 heterocycles. The summed E-state index contributed by atoms with van der Waals surface area (Å²) in [6.45, 7) is 9.03. The first-order valence-corrected chi connectivity index (χ1v) is 13.4. The van der Waals surface area contributed by atoms with E-state index in [0.29, 0.717) is 18.7 Å². The smallest absolute Gasteiger partial charge is 0.410 e. The zero-order chi connectivity index (χ0) is 26.9. The van der Waals surface area contributed by atoms with Crippen molar-refractivity contribution in [1.29, 1.82) is 5.26 Å². The van der Waals surface area contributed by atoms with Crippen molar-refractivity contribution in [3.05, 3.63) is 66.0 Å². The molecule has 38 heavy (non-hydrogen) atoms. The summed E-state index contributed by atoms with van der Waals surface area (Å²) in [6.07, 6.45) is 3.08. The molecule has 0 atom stereocenters. The molecule has 0 aliphatic carbocycles. The Morgan fingerprint density at radius 3 is 2.50 bits per heavy atom. The van der Waals surface area contributed by atoms with Crippen LogP contribution >= 0.6 is 0 Å². The minimum atomic E-state index is -0.496. The highest BCUT2D eigenvalue weighted by atomic mass is 16.6. The number of amides is 1. The molecule has 3 aromatic carbocycles. The SMILES string of the molecule is CCCc1nc2cc(OC3CCN(C(=O)OC(C)(C)C)CC3)ccc2n1-c1ccc(C#N)c2ccccc12. The molecule has 1 fully saturated rings. The molecular weight excluding hydrogens is 476 g/mol. The molecule has 1 aromatic heterocycles. The Kier molecular flexibility index (Phi) is 6.98. The molecule has 1 aliphatic heterocycles. The summed E-state index contributed by atoms with van der Waals surface area (Å²) in [4.78, 5) is 19.1. The van der Waals surface area contributed by atoms with Crippen molar-refractivity contribution in [3.8, 4) is 17.5 Å². The quantitative estimate of drug-likeness (QED) is 0.296. The number of aromatic nitrogens is 2.